The van der Waals surface area contributed by atoms with E-state index in [1.165, 1.54) is 0 Å². The second-order valence-corrected chi connectivity index (χ2v) is 5.73. The van der Waals surface area contributed by atoms with E-state index in [-0.39, 0.29) is 5.91 Å². The van der Waals surface area contributed by atoms with Crippen LogP contribution in [0.5, 0.6) is 0 Å². The Morgan fingerprint density at radius 3 is 2.96 bits per heavy atom. The van der Waals surface area contributed by atoms with Crippen LogP contribution in [0.4, 0.5) is 0 Å². The summed E-state index contributed by atoms with van der Waals surface area (Å²) in [6, 6.07) is 7.92. The molecule has 4 aromatic rings. The molecule has 8 nitrogen and oxygen atoms in total. The Kier molecular flexibility index (Phi) is 3.77. The number of aryl methyl sites for hydroxylation is 1. The largest absolute Gasteiger partial charge is 0.370 e. The van der Waals surface area contributed by atoms with Gasteiger partial charge in [0.1, 0.15) is 5.69 Å². The molecule has 0 saturated carbocycles. The molecule has 0 bridgehead atoms. The Hall–Kier alpha value is -3.42. The number of primary amides is 1. The van der Waals surface area contributed by atoms with Gasteiger partial charge in [0.05, 0.1) is 23.6 Å². The van der Waals surface area contributed by atoms with E-state index in [9.17, 15) is 4.79 Å². The quantitative estimate of drug-likeness (QED) is 0.579. The number of rotatable bonds is 6. The number of imidazole rings is 1. The van der Waals surface area contributed by atoms with Gasteiger partial charge in [-0.15, -0.1) is 0 Å². The monoisotopic (exact) mass is 335 g/mol. The van der Waals surface area contributed by atoms with Crippen LogP contribution in [0, 0.1) is 0 Å². The Morgan fingerprint density at radius 2 is 2.08 bits per heavy atom. The van der Waals surface area contributed by atoms with E-state index in [0.717, 1.165) is 22.7 Å². The zero-order valence-electron chi connectivity index (χ0n) is 13.5. The summed E-state index contributed by atoms with van der Waals surface area (Å²) in [6.07, 6.45) is 10.1. The highest BCUT2D eigenvalue weighted by atomic mass is 16.1. The van der Waals surface area contributed by atoms with E-state index in [1.807, 2.05) is 45.7 Å². The molecule has 1 amide bonds. The third kappa shape index (κ3) is 2.89. The average Bonchev–Trinajstić information content (AvgIpc) is 3.33. The summed E-state index contributed by atoms with van der Waals surface area (Å²) < 4.78 is 5.63. The molecule has 0 aromatic carbocycles. The van der Waals surface area contributed by atoms with Gasteiger partial charge in [0.15, 0.2) is 5.82 Å². The zero-order valence-corrected chi connectivity index (χ0v) is 13.5. The predicted molar refractivity (Wildman–Crippen MR) is 92.0 cm³/mol. The minimum Gasteiger partial charge on any atom is -0.370 e. The third-order valence-corrected chi connectivity index (χ3v) is 4.00. The number of hydrogen-bond acceptors (Lipinski definition) is 4. The van der Waals surface area contributed by atoms with Gasteiger partial charge in [-0.25, -0.2) is 9.50 Å². The number of amides is 1. The van der Waals surface area contributed by atoms with E-state index in [0.29, 0.717) is 19.4 Å². The maximum Gasteiger partial charge on any atom is 0.217 e. The Bertz CT molecular complexity index is 1030. The van der Waals surface area contributed by atoms with Crippen LogP contribution in [0.3, 0.4) is 0 Å². The second-order valence-electron chi connectivity index (χ2n) is 5.73. The molecule has 2 N–H and O–H groups in total. The Morgan fingerprint density at radius 1 is 1.16 bits per heavy atom. The van der Waals surface area contributed by atoms with Gasteiger partial charge in [0, 0.05) is 31.6 Å². The molecule has 126 valence electrons. The minimum absolute atomic E-state index is 0.295. The van der Waals surface area contributed by atoms with Crippen molar-refractivity contribution in [1.82, 2.24) is 28.9 Å². The summed E-state index contributed by atoms with van der Waals surface area (Å²) in [5, 5.41) is 8.72. The van der Waals surface area contributed by atoms with Crippen molar-refractivity contribution in [3.05, 3.63) is 55.2 Å². The van der Waals surface area contributed by atoms with Crippen LogP contribution in [-0.2, 0) is 11.3 Å². The summed E-state index contributed by atoms with van der Waals surface area (Å²) in [5.74, 6) is 0.488. The van der Waals surface area contributed by atoms with Crippen molar-refractivity contribution in [2.45, 2.75) is 19.4 Å². The highest BCUT2D eigenvalue weighted by Gasteiger charge is 2.13. The van der Waals surface area contributed by atoms with Gasteiger partial charge >= 0.3 is 0 Å². The summed E-state index contributed by atoms with van der Waals surface area (Å²) >= 11 is 0. The molecular formula is C17H17N7O. The van der Waals surface area contributed by atoms with Gasteiger partial charge in [-0.05, 0) is 24.6 Å². The highest BCUT2D eigenvalue weighted by molar-refractivity contribution is 5.73. The van der Waals surface area contributed by atoms with Crippen LogP contribution < -0.4 is 5.73 Å². The smallest absolute Gasteiger partial charge is 0.217 e. The lowest BCUT2D eigenvalue weighted by Gasteiger charge is -2.07. The first kappa shape index (κ1) is 15.1. The van der Waals surface area contributed by atoms with Crippen molar-refractivity contribution < 1.29 is 4.79 Å². The lowest BCUT2D eigenvalue weighted by Crippen LogP contribution is -2.11. The molecule has 0 unspecified atom stereocenters. The summed E-state index contributed by atoms with van der Waals surface area (Å²) in [6.45, 7) is 0.641. The van der Waals surface area contributed by atoms with Gasteiger partial charge in [-0.2, -0.15) is 10.2 Å². The number of hydrogen-bond donors (Lipinski definition) is 1. The Balaban J connectivity index is 1.65. The lowest BCUT2D eigenvalue weighted by molar-refractivity contribution is -0.118. The fourth-order valence-electron chi connectivity index (χ4n) is 2.83. The minimum atomic E-state index is -0.295. The molecule has 0 atom stereocenters. The molecule has 4 heterocycles. The maximum atomic E-state index is 10.8. The van der Waals surface area contributed by atoms with Crippen molar-refractivity contribution in [1.29, 1.82) is 0 Å². The molecular weight excluding hydrogens is 318 g/mol. The molecule has 0 aliphatic carbocycles. The number of fused-ring (bicyclic) bond motifs is 1. The molecule has 4 rings (SSSR count). The molecule has 0 aliphatic heterocycles. The molecule has 0 fully saturated rings. The molecule has 0 aliphatic rings. The number of nitrogens with two attached hydrogens (primary N) is 1. The van der Waals surface area contributed by atoms with Crippen molar-refractivity contribution >= 4 is 11.4 Å². The van der Waals surface area contributed by atoms with Gasteiger partial charge < -0.3 is 5.73 Å². The first-order valence-electron chi connectivity index (χ1n) is 8.00. The van der Waals surface area contributed by atoms with Gasteiger partial charge in [-0.1, -0.05) is 6.07 Å². The van der Waals surface area contributed by atoms with E-state index in [1.54, 1.807) is 23.3 Å². The molecule has 0 radical (unpaired) electrons. The summed E-state index contributed by atoms with van der Waals surface area (Å²) in [5.41, 5.74) is 7.98. The SMILES string of the molecule is NC(=O)CCCn1cc(-n2ccnc2-c2cccc3ccnn23)cn1. The Labute approximate surface area is 143 Å². The van der Waals surface area contributed by atoms with Crippen LogP contribution in [0.2, 0.25) is 0 Å². The molecule has 8 heteroatoms. The number of carbonyl (C=O) groups excluding carboxylic acids is 1. The first-order chi connectivity index (χ1) is 12.2. The first-order valence-corrected chi connectivity index (χ1v) is 8.00. The second kappa shape index (κ2) is 6.23. The fourth-order valence-corrected chi connectivity index (χ4v) is 2.83. The van der Waals surface area contributed by atoms with Crippen LogP contribution in [-0.4, -0.2) is 34.9 Å². The maximum absolute atomic E-state index is 10.8. The van der Waals surface area contributed by atoms with Crippen LogP contribution in [0.25, 0.3) is 22.7 Å². The van der Waals surface area contributed by atoms with Gasteiger partial charge in [0.2, 0.25) is 5.91 Å². The number of carbonyl (C=O) groups is 1. The van der Waals surface area contributed by atoms with Crippen LogP contribution >= 0.6 is 0 Å². The molecule has 4 aromatic heterocycles. The van der Waals surface area contributed by atoms with Crippen LogP contribution in [0.15, 0.2) is 55.2 Å². The number of nitrogens with zero attached hydrogens (tertiary/aromatic N) is 6. The van der Waals surface area contributed by atoms with Crippen molar-refractivity contribution in [2.75, 3.05) is 0 Å². The standard InChI is InChI=1S/C17H17N7O/c18-16(25)5-2-9-22-12-14(11-21-22)23-10-8-19-17(23)15-4-1-3-13-6-7-20-24(13)15/h1,3-4,6-8,10-12H,2,5,9H2,(H2,18,25). The van der Waals surface area contributed by atoms with E-state index in [2.05, 4.69) is 15.2 Å². The molecule has 0 saturated heterocycles. The third-order valence-electron chi connectivity index (χ3n) is 4.00. The van der Waals surface area contributed by atoms with Crippen molar-refractivity contribution in [3.8, 4) is 17.2 Å². The fraction of sp³-hybridized carbons (Fsp3) is 0.176. The van der Waals surface area contributed by atoms with E-state index in [4.69, 9.17) is 5.73 Å². The van der Waals surface area contributed by atoms with Gasteiger partial charge in [-0.3, -0.25) is 14.0 Å². The van der Waals surface area contributed by atoms with Crippen molar-refractivity contribution in [3.63, 3.8) is 0 Å². The normalized spacial score (nSPS) is 11.2. The molecule has 0 spiro atoms. The lowest BCUT2D eigenvalue weighted by atomic mass is 10.3. The zero-order chi connectivity index (χ0) is 17.2. The van der Waals surface area contributed by atoms with Crippen LogP contribution in [0.1, 0.15) is 12.8 Å². The van der Waals surface area contributed by atoms with Crippen molar-refractivity contribution in [2.24, 2.45) is 5.73 Å². The molecule has 25 heavy (non-hydrogen) atoms. The van der Waals surface area contributed by atoms with E-state index >= 15 is 0 Å². The van der Waals surface area contributed by atoms with Gasteiger partial charge in [0.25, 0.3) is 0 Å². The average molecular weight is 335 g/mol. The topological polar surface area (TPSA) is 96.0 Å². The number of pyridine rings is 1. The summed E-state index contributed by atoms with van der Waals surface area (Å²) in [7, 11) is 0. The highest BCUT2D eigenvalue weighted by Crippen LogP contribution is 2.22. The summed E-state index contributed by atoms with van der Waals surface area (Å²) in [4.78, 5) is 15.3. The van der Waals surface area contributed by atoms with E-state index < -0.39 is 0 Å². The number of aromatic nitrogens is 6. The predicted octanol–water partition coefficient (Wildman–Crippen LogP) is 1.65.